The van der Waals surface area contributed by atoms with E-state index in [-0.39, 0.29) is 4.87 Å². The van der Waals surface area contributed by atoms with Crippen LogP contribution in [0.3, 0.4) is 0 Å². The third kappa shape index (κ3) is 3.99. The minimum absolute atomic E-state index is 0.133. The Morgan fingerprint density at radius 3 is 3.21 bits per heavy atom. The van der Waals surface area contributed by atoms with Crippen molar-refractivity contribution in [2.75, 3.05) is 25.9 Å². The van der Waals surface area contributed by atoms with Crippen LogP contribution in [-0.2, 0) is 0 Å². The fourth-order valence-electron chi connectivity index (χ4n) is 2.23. The zero-order valence-electron chi connectivity index (χ0n) is 11.3. The monoisotopic (exact) mass is 296 g/mol. The number of rotatable bonds is 6. The Bertz CT molecular complexity index is 402. The minimum Gasteiger partial charge on any atom is -0.302 e. The van der Waals surface area contributed by atoms with Crippen LogP contribution in [0.25, 0.3) is 0 Å². The quantitative estimate of drug-likeness (QED) is 0.464. The van der Waals surface area contributed by atoms with E-state index in [2.05, 4.69) is 33.2 Å². The lowest BCUT2D eigenvalue weighted by Crippen LogP contribution is -2.44. The molecule has 0 aromatic carbocycles. The van der Waals surface area contributed by atoms with Crippen molar-refractivity contribution in [1.82, 2.24) is 9.62 Å². The van der Waals surface area contributed by atoms with E-state index in [9.17, 15) is 0 Å². The molecule has 104 valence electrons. The highest BCUT2D eigenvalue weighted by Crippen LogP contribution is 2.37. The average molecular weight is 296 g/mol. The highest BCUT2D eigenvalue weighted by atomic mass is 32.2. The van der Waals surface area contributed by atoms with Gasteiger partial charge in [-0.25, -0.2) is 9.12 Å². The number of nitriles is 1. The number of nitrogens with one attached hydrogen (secondary N) is 1. The lowest BCUT2D eigenvalue weighted by Gasteiger charge is -2.34. The maximum absolute atomic E-state index is 8.55. The summed E-state index contributed by atoms with van der Waals surface area (Å²) >= 11 is 3.34. The lowest BCUT2D eigenvalue weighted by atomic mass is 10.0. The first-order valence-corrected chi connectivity index (χ1v) is 8.39. The predicted octanol–water partition coefficient (Wildman–Crippen LogP) is 2.61. The molecule has 0 bridgehead atoms. The van der Waals surface area contributed by atoms with Crippen LogP contribution < -0.4 is 4.72 Å². The van der Waals surface area contributed by atoms with Gasteiger partial charge in [0.1, 0.15) is 4.87 Å². The molecule has 2 rings (SSSR count). The van der Waals surface area contributed by atoms with Crippen LogP contribution in [0.1, 0.15) is 25.7 Å². The van der Waals surface area contributed by atoms with Crippen LogP contribution in [0, 0.1) is 11.3 Å². The molecule has 1 unspecified atom stereocenters. The van der Waals surface area contributed by atoms with E-state index < -0.39 is 0 Å². The van der Waals surface area contributed by atoms with Gasteiger partial charge in [0.2, 0.25) is 0 Å². The van der Waals surface area contributed by atoms with Gasteiger partial charge >= 0.3 is 0 Å². The molecule has 19 heavy (non-hydrogen) atoms. The topological polar surface area (TPSA) is 51.4 Å². The van der Waals surface area contributed by atoms with Gasteiger partial charge in [0.15, 0.2) is 0 Å². The first-order valence-electron chi connectivity index (χ1n) is 6.63. The molecule has 0 radical (unpaired) electrons. The molecule has 0 fully saturated rings. The molecule has 6 heteroatoms. The van der Waals surface area contributed by atoms with Gasteiger partial charge in [0.25, 0.3) is 0 Å². The Hall–Kier alpha value is -0.480. The van der Waals surface area contributed by atoms with Crippen molar-refractivity contribution >= 4 is 30.1 Å². The predicted molar refractivity (Wildman–Crippen MR) is 84.1 cm³/mol. The fraction of sp³-hybridized carbons (Fsp3) is 0.692. The molecule has 0 aromatic heterocycles. The van der Waals surface area contributed by atoms with Crippen LogP contribution in [0.5, 0.6) is 0 Å². The van der Waals surface area contributed by atoms with E-state index in [1.807, 2.05) is 18.0 Å². The second-order valence-electron chi connectivity index (χ2n) is 4.88. The van der Waals surface area contributed by atoms with Crippen molar-refractivity contribution in [3.05, 3.63) is 11.6 Å². The maximum atomic E-state index is 8.55. The summed E-state index contributed by atoms with van der Waals surface area (Å²) in [6.07, 6.45) is 8.24. The summed E-state index contributed by atoms with van der Waals surface area (Å²) in [5, 5.41) is 8.55. The van der Waals surface area contributed by atoms with Crippen LogP contribution >= 0.6 is 23.9 Å². The molecule has 0 amide bonds. The van der Waals surface area contributed by atoms with Crippen molar-refractivity contribution in [1.29, 1.82) is 5.26 Å². The van der Waals surface area contributed by atoms with Gasteiger partial charge in [-0.2, -0.15) is 5.26 Å². The van der Waals surface area contributed by atoms with Gasteiger partial charge in [-0.3, -0.25) is 0 Å². The largest absolute Gasteiger partial charge is 0.302 e. The minimum atomic E-state index is -0.133. The van der Waals surface area contributed by atoms with Crippen molar-refractivity contribution < 1.29 is 0 Å². The molecule has 0 saturated carbocycles. The Balaban J connectivity index is 1.93. The molecule has 2 aliphatic rings. The average Bonchev–Trinajstić information content (AvgIpc) is 2.89. The van der Waals surface area contributed by atoms with Crippen LogP contribution in [0.2, 0.25) is 0 Å². The Morgan fingerprint density at radius 2 is 2.53 bits per heavy atom. The maximum Gasteiger partial charge on any atom is 0.134 e. The second kappa shape index (κ2) is 7.34. The highest BCUT2D eigenvalue weighted by molar-refractivity contribution is 8.04. The van der Waals surface area contributed by atoms with E-state index in [4.69, 9.17) is 5.26 Å². The Labute approximate surface area is 124 Å². The van der Waals surface area contributed by atoms with Gasteiger partial charge in [0.05, 0.1) is 18.2 Å². The molecular formula is C13H20N4S2. The molecule has 0 saturated heterocycles. The van der Waals surface area contributed by atoms with E-state index in [1.54, 1.807) is 0 Å². The summed E-state index contributed by atoms with van der Waals surface area (Å²) in [6, 6.07) is 2.20. The third-order valence-electron chi connectivity index (χ3n) is 3.32. The Morgan fingerprint density at radius 1 is 1.63 bits per heavy atom. The first-order chi connectivity index (χ1) is 9.27. The van der Waals surface area contributed by atoms with E-state index in [0.717, 1.165) is 38.1 Å². The Kier molecular flexibility index (Phi) is 5.76. The summed E-state index contributed by atoms with van der Waals surface area (Å²) in [7, 11) is 2.16. The highest BCUT2D eigenvalue weighted by Gasteiger charge is 2.37. The molecule has 0 spiro atoms. The van der Waals surface area contributed by atoms with Crippen molar-refractivity contribution in [2.45, 2.75) is 30.6 Å². The smallest absolute Gasteiger partial charge is 0.134 e. The number of thioether (sulfide) groups is 1. The van der Waals surface area contributed by atoms with Gasteiger partial charge in [-0.1, -0.05) is 6.08 Å². The summed E-state index contributed by atoms with van der Waals surface area (Å²) in [6.45, 7) is 2.14. The molecule has 1 N–H and O–H groups in total. The first kappa shape index (κ1) is 14.9. The fourth-order valence-corrected chi connectivity index (χ4v) is 4.36. The third-order valence-corrected chi connectivity index (χ3v) is 5.49. The van der Waals surface area contributed by atoms with Crippen molar-refractivity contribution in [3.63, 3.8) is 0 Å². The molecule has 0 aliphatic carbocycles. The number of hydrogen-bond acceptors (Lipinski definition) is 6. The molecular weight excluding hydrogens is 276 g/mol. The van der Waals surface area contributed by atoms with Crippen LogP contribution in [-0.4, -0.2) is 41.9 Å². The summed E-state index contributed by atoms with van der Waals surface area (Å²) in [5.74, 6) is 1.06. The molecule has 2 aliphatic heterocycles. The van der Waals surface area contributed by atoms with Gasteiger partial charge in [0, 0.05) is 25.7 Å². The van der Waals surface area contributed by atoms with E-state index in [0.29, 0.717) is 6.42 Å². The molecule has 1 atom stereocenters. The SMILES string of the molecule is CN1CCC=C(C2(SCCCCC#N)C=NSN2)C1. The number of unbranched alkanes of at least 4 members (excludes halogenated alkanes) is 2. The van der Waals surface area contributed by atoms with E-state index in [1.165, 1.54) is 17.7 Å². The lowest BCUT2D eigenvalue weighted by molar-refractivity contribution is 0.348. The standard InChI is InChI=1S/C13H20N4S2/c1-17-8-5-6-12(10-17)13(11-15-19-16-13)18-9-4-2-3-7-14/h6,11,16H,2-5,8-10H2,1H3. The van der Waals surface area contributed by atoms with Crippen molar-refractivity contribution in [3.8, 4) is 6.07 Å². The van der Waals surface area contributed by atoms with Gasteiger partial charge in [-0.05, 0) is 37.6 Å². The second-order valence-corrected chi connectivity index (χ2v) is 6.82. The summed E-state index contributed by atoms with van der Waals surface area (Å²) in [5.41, 5.74) is 1.42. The van der Waals surface area contributed by atoms with Crippen LogP contribution in [0.15, 0.2) is 16.0 Å². The zero-order valence-corrected chi connectivity index (χ0v) is 12.9. The molecule has 4 nitrogen and oxygen atoms in total. The normalized spacial score (nSPS) is 27.3. The summed E-state index contributed by atoms with van der Waals surface area (Å²) in [4.78, 5) is 2.22. The van der Waals surface area contributed by atoms with Crippen LogP contribution in [0.4, 0.5) is 0 Å². The number of likely N-dealkylation sites (N-methyl/N-ethyl adjacent to an activating group) is 1. The summed E-state index contributed by atoms with van der Waals surface area (Å²) < 4.78 is 7.75. The van der Waals surface area contributed by atoms with E-state index >= 15 is 0 Å². The number of nitrogens with zero attached hydrogens (tertiary/aromatic N) is 3. The van der Waals surface area contributed by atoms with Gasteiger partial charge < -0.3 is 4.90 Å². The molecule has 0 aromatic rings. The number of hydrogen-bond donors (Lipinski definition) is 1. The molecule has 2 heterocycles. The zero-order chi connectivity index (χ0) is 13.6. The van der Waals surface area contributed by atoms with Crippen molar-refractivity contribution in [2.24, 2.45) is 4.40 Å². The van der Waals surface area contributed by atoms with Gasteiger partial charge in [-0.15, -0.1) is 11.8 Å².